The van der Waals surface area contributed by atoms with Crippen molar-refractivity contribution in [1.82, 2.24) is 4.98 Å². The van der Waals surface area contributed by atoms with Gasteiger partial charge in [-0.1, -0.05) is 31.5 Å². The third-order valence-electron chi connectivity index (χ3n) is 6.26. The van der Waals surface area contributed by atoms with Crippen molar-refractivity contribution in [3.05, 3.63) is 80.1 Å². The van der Waals surface area contributed by atoms with Crippen molar-refractivity contribution >= 4 is 33.3 Å². The first-order chi connectivity index (χ1) is 16.9. The first kappa shape index (κ1) is 23.1. The molecule has 3 heterocycles. The molecule has 2 aromatic heterocycles. The highest BCUT2D eigenvalue weighted by molar-refractivity contribution is 7.15. The number of hydrogen-bond donors (Lipinski definition) is 0. The van der Waals surface area contributed by atoms with Gasteiger partial charge < -0.3 is 13.9 Å². The Hall–Kier alpha value is -3.65. The summed E-state index contributed by atoms with van der Waals surface area (Å²) in [5.41, 5.74) is 2.02. The summed E-state index contributed by atoms with van der Waals surface area (Å²) in [4.78, 5) is 34.6. The molecule has 1 aliphatic rings. The number of amides is 1. The van der Waals surface area contributed by atoms with Gasteiger partial charge in [-0.05, 0) is 50.1 Å². The molecular weight excluding hydrogens is 464 g/mol. The van der Waals surface area contributed by atoms with Crippen LogP contribution in [0, 0.1) is 13.8 Å². The second-order valence-corrected chi connectivity index (χ2v) is 9.68. The van der Waals surface area contributed by atoms with Gasteiger partial charge in [0.15, 0.2) is 22.1 Å². The fourth-order valence-electron chi connectivity index (χ4n) is 4.29. The van der Waals surface area contributed by atoms with E-state index in [9.17, 15) is 9.59 Å². The molecule has 35 heavy (non-hydrogen) atoms. The summed E-state index contributed by atoms with van der Waals surface area (Å²) in [5, 5.41) is 0.955. The third kappa shape index (κ3) is 3.87. The number of benzene rings is 2. The number of unbranched alkanes of at least 4 members (excludes halogenated alkanes) is 1. The van der Waals surface area contributed by atoms with Crippen LogP contribution < -0.4 is 19.8 Å². The zero-order valence-corrected chi connectivity index (χ0v) is 20.9. The summed E-state index contributed by atoms with van der Waals surface area (Å²) in [5.74, 6) is 0.818. The van der Waals surface area contributed by atoms with Crippen molar-refractivity contribution in [2.24, 2.45) is 0 Å². The van der Waals surface area contributed by atoms with Gasteiger partial charge in [0.05, 0.1) is 36.4 Å². The van der Waals surface area contributed by atoms with Crippen LogP contribution in [-0.4, -0.2) is 24.6 Å². The van der Waals surface area contributed by atoms with Crippen LogP contribution in [0.2, 0.25) is 0 Å². The van der Waals surface area contributed by atoms with Gasteiger partial charge in [0, 0.05) is 4.88 Å². The van der Waals surface area contributed by atoms with Gasteiger partial charge >= 0.3 is 0 Å². The van der Waals surface area contributed by atoms with Gasteiger partial charge in [-0.3, -0.25) is 14.5 Å². The molecule has 2 aromatic carbocycles. The quantitative estimate of drug-likeness (QED) is 0.304. The van der Waals surface area contributed by atoms with Crippen molar-refractivity contribution in [2.75, 3.05) is 18.6 Å². The Labute approximate surface area is 206 Å². The Kier molecular flexibility index (Phi) is 6.06. The van der Waals surface area contributed by atoms with E-state index in [1.54, 1.807) is 36.3 Å². The smallest absolute Gasteiger partial charge is 0.297 e. The Balaban J connectivity index is 1.71. The number of ether oxygens (including phenoxy) is 2. The van der Waals surface area contributed by atoms with Gasteiger partial charge in [-0.25, -0.2) is 4.98 Å². The van der Waals surface area contributed by atoms with Crippen LogP contribution >= 0.6 is 11.3 Å². The first-order valence-corrected chi connectivity index (χ1v) is 12.4. The molecule has 0 saturated carbocycles. The molecule has 1 atom stereocenters. The number of anilines is 1. The fourth-order valence-corrected chi connectivity index (χ4v) is 5.23. The van der Waals surface area contributed by atoms with Crippen LogP contribution in [0.3, 0.4) is 0 Å². The molecule has 0 unspecified atom stereocenters. The van der Waals surface area contributed by atoms with Crippen molar-refractivity contribution in [2.45, 2.75) is 39.7 Å². The van der Waals surface area contributed by atoms with Gasteiger partial charge in [-0.15, -0.1) is 11.3 Å². The number of carbonyl (C=O) groups excluding carboxylic acids is 1. The van der Waals surface area contributed by atoms with Crippen molar-refractivity contribution in [3.63, 3.8) is 0 Å². The molecule has 0 radical (unpaired) electrons. The zero-order chi connectivity index (χ0) is 24.7. The van der Waals surface area contributed by atoms with Gasteiger partial charge in [0.2, 0.25) is 5.76 Å². The van der Waals surface area contributed by atoms with E-state index in [2.05, 4.69) is 11.9 Å². The van der Waals surface area contributed by atoms with E-state index >= 15 is 0 Å². The van der Waals surface area contributed by atoms with Crippen LogP contribution in [0.25, 0.3) is 11.0 Å². The topological polar surface area (TPSA) is 81.9 Å². The van der Waals surface area contributed by atoms with Crippen LogP contribution in [0.4, 0.5) is 5.13 Å². The number of fused-ring (bicyclic) bond motifs is 2. The standard InChI is InChI=1S/C27H26N2O5S/c1-5-6-13-33-20-12-11-17(14-21(20)32-4)23-22-24(30)18-9-7-8-10-19(18)34-25(22)26(31)29(23)27-28-15(2)16(3)35-27/h7-12,14,23H,5-6,13H2,1-4H3/t23-/m1/s1. The molecule has 5 rings (SSSR count). The lowest BCUT2D eigenvalue weighted by Gasteiger charge is -2.23. The lowest BCUT2D eigenvalue weighted by atomic mass is 9.98. The molecule has 0 bridgehead atoms. The maximum absolute atomic E-state index is 13.7. The molecule has 7 nitrogen and oxygen atoms in total. The molecule has 1 amide bonds. The van der Waals surface area contributed by atoms with Crippen LogP contribution in [0.15, 0.2) is 51.7 Å². The summed E-state index contributed by atoms with van der Waals surface area (Å²) in [6, 6.07) is 11.8. The number of aryl methyl sites for hydroxylation is 2. The van der Waals surface area contributed by atoms with E-state index < -0.39 is 6.04 Å². The molecule has 1 aliphatic heterocycles. The molecule has 180 valence electrons. The van der Waals surface area contributed by atoms with E-state index in [0.29, 0.717) is 45.3 Å². The Morgan fingerprint density at radius 3 is 2.63 bits per heavy atom. The van der Waals surface area contributed by atoms with Crippen molar-refractivity contribution in [1.29, 1.82) is 0 Å². The van der Waals surface area contributed by atoms with Gasteiger partial charge in [0.25, 0.3) is 5.91 Å². The van der Waals surface area contributed by atoms with E-state index in [-0.39, 0.29) is 17.1 Å². The highest BCUT2D eigenvalue weighted by atomic mass is 32.1. The summed E-state index contributed by atoms with van der Waals surface area (Å²) in [6.45, 7) is 6.55. The first-order valence-electron chi connectivity index (χ1n) is 11.6. The van der Waals surface area contributed by atoms with E-state index in [0.717, 1.165) is 23.4 Å². The molecule has 4 aromatic rings. The highest BCUT2D eigenvalue weighted by Gasteiger charge is 2.45. The van der Waals surface area contributed by atoms with Crippen LogP contribution in [0.5, 0.6) is 11.5 Å². The SMILES string of the molecule is CCCCOc1ccc([C@@H]2c3c(oc4ccccc4c3=O)C(=O)N2c2nc(C)c(C)s2)cc1OC. The summed E-state index contributed by atoms with van der Waals surface area (Å²) in [6.07, 6.45) is 1.95. The number of thiazole rings is 1. The highest BCUT2D eigenvalue weighted by Crippen LogP contribution is 2.44. The van der Waals surface area contributed by atoms with Crippen molar-refractivity contribution in [3.8, 4) is 11.5 Å². The van der Waals surface area contributed by atoms with E-state index in [4.69, 9.17) is 13.9 Å². The maximum Gasteiger partial charge on any atom is 0.297 e. The lowest BCUT2D eigenvalue weighted by molar-refractivity contribution is 0.0971. The maximum atomic E-state index is 13.7. The molecule has 0 fully saturated rings. The van der Waals surface area contributed by atoms with Crippen LogP contribution in [0.1, 0.15) is 58.1 Å². The van der Waals surface area contributed by atoms with Crippen molar-refractivity contribution < 1.29 is 18.7 Å². The summed E-state index contributed by atoms with van der Waals surface area (Å²) >= 11 is 1.42. The number of nitrogens with zero attached hydrogens (tertiary/aromatic N) is 2. The van der Waals surface area contributed by atoms with Gasteiger partial charge in [0.1, 0.15) is 5.58 Å². The molecule has 8 heteroatoms. The minimum atomic E-state index is -0.707. The second-order valence-electron chi connectivity index (χ2n) is 8.50. The third-order valence-corrected chi connectivity index (χ3v) is 7.33. The number of aromatic nitrogens is 1. The number of rotatable bonds is 7. The minimum absolute atomic E-state index is 0.0476. The van der Waals surface area contributed by atoms with E-state index in [1.165, 1.54) is 11.3 Å². The molecule has 0 N–H and O–H groups in total. The Morgan fingerprint density at radius 1 is 1.11 bits per heavy atom. The minimum Gasteiger partial charge on any atom is -0.493 e. The summed E-state index contributed by atoms with van der Waals surface area (Å²) in [7, 11) is 1.58. The Morgan fingerprint density at radius 2 is 1.91 bits per heavy atom. The molecule has 0 spiro atoms. The zero-order valence-electron chi connectivity index (χ0n) is 20.1. The normalized spacial score (nSPS) is 15.0. The largest absolute Gasteiger partial charge is 0.493 e. The van der Waals surface area contributed by atoms with Gasteiger partial charge in [-0.2, -0.15) is 0 Å². The molecule has 0 aliphatic carbocycles. The summed E-state index contributed by atoms with van der Waals surface area (Å²) < 4.78 is 17.5. The second kappa shape index (κ2) is 9.19. The fraction of sp³-hybridized carbons (Fsp3) is 0.296. The number of methoxy groups -OCH3 is 1. The monoisotopic (exact) mass is 490 g/mol. The average molecular weight is 491 g/mol. The van der Waals surface area contributed by atoms with Crippen LogP contribution in [-0.2, 0) is 0 Å². The molecule has 0 saturated heterocycles. The predicted octanol–water partition coefficient (Wildman–Crippen LogP) is 5.80. The molecular formula is C27H26N2O5S. The number of para-hydroxylation sites is 1. The number of carbonyl (C=O) groups is 1. The predicted molar refractivity (Wildman–Crippen MR) is 136 cm³/mol. The Bertz CT molecular complexity index is 1470. The van der Waals surface area contributed by atoms with E-state index in [1.807, 2.05) is 32.0 Å². The lowest BCUT2D eigenvalue weighted by Crippen LogP contribution is -2.29. The average Bonchev–Trinajstić information content (AvgIpc) is 3.35. The number of hydrogen-bond acceptors (Lipinski definition) is 7.